The highest BCUT2D eigenvalue weighted by atomic mass is 16.5. The molecule has 2 aromatic carbocycles. The van der Waals surface area contributed by atoms with E-state index < -0.39 is 0 Å². The monoisotopic (exact) mass is 382 g/mol. The second kappa shape index (κ2) is 14.7. The summed E-state index contributed by atoms with van der Waals surface area (Å²) in [4.78, 5) is 0. The van der Waals surface area contributed by atoms with Crippen molar-refractivity contribution in [2.45, 2.75) is 12.8 Å². The minimum atomic E-state index is 0.172. The Morgan fingerprint density at radius 1 is 0.714 bits per heavy atom. The van der Waals surface area contributed by atoms with Gasteiger partial charge in [0, 0.05) is 0 Å². The zero-order chi connectivity index (χ0) is 21.4. The number of benzene rings is 2. The van der Waals surface area contributed by atoms with Gasteiger partial charge in [0.1, 0.15) is 0 Å². The minimum Gasteiger partial charge on any atom is -0.504 e. The zero-order valence-corrected chi connectivity index (χ0v) is 16.7. The third-order valence-corrected chi connectivity index (χ3v) is 3.42. The first-order valence-corrected chi connectivity index (χ1v) is 8.64. The summed E-state index contributed by atoms with van der Waals surface area (Å²) in [6, 6.07) is 10.5. The predicted molar refractivity (Wildman–Crippen MR) is 118 cm³/mol. The highest BCUT2D eigenvalue weighted by Gasteiger charge is 2.01. The number of hydrogen-bond donors (Lipinski definition) is 2. The minimum absolute atomic E-state index is 0.172. The lowest BCUT2D eigenvalue weighted by Gasteiger charge is -2.04. The molecule has 0 heterocycles. The normalized spacial score (nSPS) is 8.79. The van der Waals surface area contributed by atoms with Crippen molar-refractivity contribution in [2.24, 2.45) is 0 Å². The molecule has 0 aliphatic carbocycles. The zero-order valence-electron chi connectivity index (χ0n) is 16.7. The van der Waals surface area contributed by atoms with Crippen LogP contribution in [0.3, 0.4) is 0 Å². The maximum Gasteiger partial charge on any atom is 0.160 e. The Balaban J connectivity index is 0.000000439. The standard InChI is InChI=1S/2C10H12O2.C4H6/c2*1-3-4-8-5-6-9(11)10(7-8)12-2;1-3-4-2/h2*3,5-7,11H,1,4H2,2H3;3-4H,1-2H2. The molecule has 150 valence electrons. The summed E-state index contributed by atoms with van der Waals surface area (Å²) in [5, 5.41) is 18.5. The van der Waals surface area contributed by atoms with Crippen LogP contribution in [0.15, 0.2) is 87.0 Å². The first-order chi connectivity index (χ1) is 13.5. The predicted octanol–water partition coefficient (Wildman–Crippen LogP) is 5.62. The number of ether oxygens (including phenoxy) is 2. The first kappa shape index (κ1) is 24.6. The number of aromatic hydroxyl groups is 2. The quantitative estimate of drug-likeness (QED) is 0.482. The molecule has 0 saturated carbocycles. The highest BCUT2D eigenvalue weighted by molar-refractivity contribution is 5.42. The Hall–Kier alpha value is -3.40. The van der Waals surface area contributed by atoms with Crippen molar-refractivity contribution < 1.29 is 19.7 Å². The number of rotatable bonds is 7. The van der Waals surface area contributed by atoms with Gasteiger partial charge >= 0.3 is 0 Å². The van der Waals surface area contributed by atoms with E-state index in [-0.39, 0.29) is 11.5 Å². The number of phenols is 2. The summed E-state index contributed by atoms with van der Waals surface area (Å²) in [5.74, 6) is 1.36. The SMILES string of the molecule is C=CC=C.C=CCc1ccc(O)c(OC)c1.C=CCc1ccc(O)c(OC)c1. The van der Waals surface area contributed by atoms with Crippen molar-refractivity contribution >= 4 is 0 Å². The van der Waals surface area contributed by atoms with E-state index in [0.29, 0.717) is 11.5 Å². The van der Waals surface area contributed by atoms with Crippen LogP contribution in [0.25, 0.3) is 0 Å². The van der Waals surface area contributed by atoms with Gasteiger partial charge in [-0.15, -0.1) is 13.2 Å². The van der Waals surface area contributed by atoms with E-state index in [2.05, 4.69) is 26.3 Å². The second-order valence-corrected chi connectivity index (χ2v) is 5.47. The molecule has 2 aromatic rings. The summed E-state index contributed by atoms with van der Waals surface area (Å²) in [6.45, 7) is 14.0. The smallest absolute Gasteiger partial charge is 0.160 e. The van der Waals surface area contributed by atoms with E-state index in [1.165, 1.54) is 14.2 Å². The fourth-order valence-electron chi connectivity index (χ4n) is 2.03. The maximum absolute atomic E-state index is 9.25. The Labute approximate surface area is 168 Å². The average Bonchev–Trinajstić information content (AvgIpc) is 2.72. The van der Waals surface area contributed by atoms with Gasteiger partial charge < -0.3 is 19.7 Å². The highest BCUT2D eigenvalue weighted by Crippen LogP contribution is 2.27. The number of hydrogen-bond acceptors (Lipinski definition) is 4. The summed E-state index contributed by atoms with van der Waals surface area (Å²) in [6.07, 6.45) is 8.48. The van der Waals surface area contributed by atoms with E-state index in [1.54, 1.807) is 36.4 Å². The van der Waals surface area contributed by atoms with E-state index in [9.17, 15) is 10.2 Å². The van der Waals surface area contributed by atoms with Crippen molar-refractivity contribution in [1.82, 2.24) is 0 Å². The fourth-order valence-corrected chi connectivity index (χ4v) is 2.03. The lowest BCUT2D eigenvalue weighted by atomic mass is 10.1. The molecule has 2 N–H and O–H groups in total. The van der Waals surface area contributed by atoms with Crippen LogP contribution in [0.4, 0.5) is 0 Å². The third-order valence-electron chi connectivity index (χ3n) is 3.42. The van der Waals surface area contributed by atoms with Crippen LogP contribution in [0.2, 0.25) is 0 Å². The van der Waals surface area contributed by atoms with Gasteiger partial charge in [0.15, 0.2) is 23.0 Å². The Bertz CT molecular complexity index is 698. The molecule has 4 heteroatoms. The largest absolute Gasteiger partial charge is 0.504 e. The van der Waals surface area contributed by atoms with Crippen LogP contribution < -0.4 is 9.47 Å². The first-order valence-electron chi connectivity index (χ1n) is 8.64. The molecule has 4 nitrogen and oxygen atoms in total. The van der Waals surface area contributed by atoms with Crippen molar-refractivity contribution in [3.8, 4) is 23.0 Å². The van der Waals surface area contributed by atoms with E-state index in [1.807, 2.05) is 24.3 Å². The van der Waals surface area contributed by atoms with Gasteiger partial charge in [-0.05, 0) is 48.2 Å². The van der Waals surface area contributed by atoms with E-state index >= 15 is 0 Å². The fraction of sp³-hybridized carbons (Fsp3) is 0.167. The average molecular weight is 383 g/mol. The summed E-state index contributed by atoms with van der Waals surface area (Å²) >= 11 is 0. The van der Waals surface area contributed by atoms with Gasteiger partial charge in [0.2, 0.25) is 0 Å². The number of allylic oxidation sites excluding steroid dienone is 4. The van der Waals surface area contributed by atoms with Gasteiger partial charge in [0.05, 0.1) is 14.2 Å². The van der Waals surface area contributed by atoms with Crippen LogP contribution in [-0.4, -0.2) is 24.4 Å². The molecule has 0 atom stereocenters. The molecule has 0 fully saturated rings. The molecule has 0 saturated heterocycles. The van der Waals surface area contributed by atoms with Crippen molar-refractivity contribution in [2.75, 3.05) is 14.2 Å². The number of phenolic OH excluding ortho intramolecular Hbond substituents is 2. The maximum atomic E-state index is 9.25. The van der Waals surface area contributed by atoms with E-state index in [4.69, 9.17) is 9.47 Å². The molecule has 0 spiro atoms. The van der Waals surface area contributed by atoms with E-state index in [0.717, 1.165) is 24.0 Å². The number of methoxy groups -OCH3 is 2. The van der Waals surface area contributed by atoms with Crippen LogP contribution in [-0.2, 0) is 12.8 Å². The Morgan fingerprint density at radius 3 is 1.32 bits per heavy atom. The molecule has 0 bridgehead atoms. The van der Waals surface area contributed by atoms with Gasteiger partial charge in [-0.25, -0.2) is 0 Å². The molecule has 0 unspecified atom stereocenters. The summed E-state index contributed by atoms with van der Waals surface area (Å²) < 4.78 is 9.90. The molecule has 2 rings (SSSR count). The van der Waals surface area contributed by atoms with Gasteiger partial charge in [-0.3, -0.25) is 0 Å². The second-order valence-electron chi connectivity index (χ2n) is 5.47. The van der Waals surface area contributed by atoms with Crippen molar-refractivity contribution in [3.63, 3.8) is 0 Å². The lowest BCUT2D eigenvalue weighted by Crippen LogP contribution is -1.86. The Kier molecular flexibility index (Phi) is 12.9. The van der Waals surface area contributed by atoms with Gasteiger partial charge in [-0.1, -0.05) is 49.6 Å². The molecule has 0 radical (unpaired) electrons. The van der Waals surface area contributed by atoms with Crippen LogP contribution in [0.5, 0.6) is 23.0 Å². The van der Waals surface area contributed by atoms with Crippen LogP contribution in [0, 0.1) is 0 Å². The molecule has 0 amide bonds. The molecular weight excluding hydrogens is 352 g/mol. The van der Waals surface area contributed by atoms with Crippen LogP contribution >= 0.6 is 0 Å². The topological polar surface area (TPSA) is 58.9 Å². The third kappa shape index (κ3) is 9.34. The molecule has 0 aromatic heterocycles. The molecule has 0 aliphatic heterocycles. The molecule has 0 aliphatic rings. The molecule has 28 heavy (non-hydrogen) atoms. The van der Waals surface area contributed by atoms with Crippen molar-refractivity contribution in [1.29, 1.82) is 0 Å². The van der Waals surface area contributed by atoms with Crippen molar-refractivity contribution in [3.05, 3.63) is 98.1 Å². The van der Waals surface area contributed by atoms with Gasteiger partial charge in [0.25, 0.3) is 0 Å². The Morgan fingerprint density at radius 2 is 1.07 bits per heavy atom. The lowest BCUT2D eigenvalue weighted by molar-refractivity contribution is 0.373. The summed E-state index contributed by atoms with van der Waals surface area (Å²) in [5.41, 5.74) is 2.17. The molecular formula is C24H30O4. The van der Waals surface area contributed by atoms with Gasteiger partial charge in [-0.2, -0.15) is 0 Å². The van der Waals surface area contributed by atoms with Crippen LogP contribution in [0.1, 0.15) is 11.1 Å². The summed E-state index contributed by atoms with van der Waals surface area (Å²) in [7, 11) is 3.07.